The standard InChI is InChI=1S/C20H18N2O2/c21-20(23)19(15-7-3-1-4-8-15)22-16-11-13-18(14-12-16)24-17-9-5-2-6-10-17/h1-14,19,22H,(H2,21,23). The number of benzene rings is 3. The van der Waals surface area contributed by atoms with Crippen LogP contribution in [0.4, 0.5) is 5.69 Å². The third kappa shape index (κ3) is 3.93. The molecule has 0 bridgehead atoms. The van der Waals surface area contributed by atoms with Gasteiger partial charge in [-0.25, -0.2) is 0 Å². The molecule has 0 aliphatic carbocycles. The second kappa shape index (κ2) is 7.33. The lowest BCUT2D eigenvalue weighted by molar-refractivity contribution is -0.118. The van der Waals surface area contributed by atoms with E-state index in [-0.39, 0.29) is 0 Å². The fourth-order valence-corrected chi connectivity index (χ4v) is 2.37. The number of ether oxygens (including phenoxy) is 1. The topological polar surface area (TPSA) is 64.4 Å². The highest BCUT2D eigenvalue weighted by atomic mass is 16.5. The van der Waals surface area contributed by atoms with Gasteiger partial charge in [-0.2, -0.15) is 0 Å². The summed E-state index contributed by atoms with van der Waals surface area (Å²) in [5.74, 6) is 1.07. The number of nitrogens with two attached hydrogens (primary N) is 1. The number of primary amides is 1. The number of amides is 1. The van der Waals surface area contributed by atoms with Gasteiger partial charge < -0.3 is 15.8 Å². The maximum absolute atomic E-state index is 11.7. The summed E-state index contributed by atoms with van der Waals surface area (Å²) in [6.45, 7) is 0. The molecule has 1 amide bonds. The maximum atomic E-state index is 11.7. The molecule has 0 saturated heterocycles. The predicted molar refractivity (Wildman–Crippen MR) is 95.0 cm³/mol. The zero-order valence-electron chi connectivity index (χ0n) is 13.1. The minimum absolute atomic E-state index is 0.425. The third-order valence-electron chi connectivity index (χ3n) is 3.56. The molecule has 24 heavy (non-hydrogen) atoms. The fraction of sp³-hybridized carbons (Fsp3) is 0.0500. The molecule has 0 aliphatic heterocycles. The van der Waals surface area contributed by atoms with Crippen LogP contribution in [0.25, 0.3) is 0 Å². The van der Waals surface area contributed by atoms with Gasteiger partial charge in [0.05, 0.1) is 0 Å². The lowest BCUT2D eigenvalue weighted by Gasteiger charge is -2.17. The molecule has 0 fully saturated rings. The molecule has 0 radical (unpaired) electrons. The minimum atomic E-state index is -0.577. The molecule has 4 heteroatoms. The molecular weight excluding hydrogens is 300 g/mol. The highest BCUT2D eigenvalue weighted by Gasteiger charge is 2.17. The van der Waals surface area contributed by atoms with Crippen LogP contribution >= 0.6 is 0 Å². The molecule has 0 heterocycles. The zero-order chi connectivity index (χ0) is 16.8. The first-order valence-electron chi connectivity index (χ1n) is 7.66. The van der Waals surface area contributed by atoms with Gasteiger partial charge in [0, 0.05) is 5.69 Å². The second-order valence-corrected chi connectivity index (χ2v) is 5.33. The Labute approximate surface area is 140 Å². The number of carbonyl (C=O) groups excluding carboxylic acids is 1. The van der Waals surface area contributed by atoms with Gasteiger partial charge in [0.2, 0.25) is 5.91 Å². The largest absolute Gasteiger partial charge is 0.457 e. The number of hydrogen-bond acceptors (Lipinski definition) is 3. The van der Waals surface area contributed by atoms with Crippen molar-refractivity contribution in [3.05, 3.63) is 90.5 Å². The van der Waals surface area contributed by atoms with Crippen LogP contribution in [0.5, 0.6) is 11.5 Å². The molecule has 1 unspecified atom stereocenters. The first-order valence-corrected chi connectivity index (χ1v) is 7.66. The van der Waals surface area contributed by atoms with Gasteiger partial charge >= 0.3 is 0 Å². The number of para-hydroxylation sites is 1. The quantitative estimate of drug-likeness (QED) is 0.718. The van der Waals surface area contributed by atoms with E-state index in [1.54, 1.807) is 0 Å². The van der Waals surface area contributed by atoms with Crippen molar-refractivity contribution < 1.29 is 9.53 Å². The van der Waals surface area contributed by atoms with E-state index in [1.807, 2.05) is 84.9 Å². The van der Waals surface area contributed by atoms with E-state index < -0.39 is 11.9 Å². The number of hydrogen-bond donors (Lipinski definition) is 2. The van der Waals surface area contributed by atoms with Crippen molar-refractivity contribution in [2.75, 3.05) is 5.32 Å². The summed E-state index contributed by atoms with van der Waals surface area (Å²) in [6, 6.07) is 25.8. The van der Waals surface area contributed by atoms with E-state index in [2.05, 4.69) is 5.32 Å². The Morgan fingerprint density at radius 1 is 0.792 bits per heavy atom. The summed E-state index contributed by atoms with van der Waals surface area (Å²) in [5, 5.41) is 3.16. The highest BCUT2D eigenvalue weighted by Crippen LogP contribution is 2.25. The third-order valence-corrected chi connectivity index (χ3v) is 3.56. The molecule has 3 aromatic rings. The Bertz CT molecular complexity index is 787. The number of nitrogens with one attached hydrogen (secondary N) is 1. The van der Waals surface area contributed by atoms with Gasteiger partial charge in [-0.15, -0.1) is 0 Å². The summed E-state index contributed by atoms with van der Waals surface area (Å²) in [6.07, 6.45) is 0. The lowest BCUT2D eigenvalue weighted by Crippen LogP contribution is -2.27. The van der Waals surface area contributed by atoms with Gasteiger partial charge in [-0.1, -0.05) is 48.5 Å². The van der Waals surface area contributed by atoms with Crippen molar-refractivity contribution in [3.8, 4) is 11.5 Å². The van der Waals surface area contributed by atoms with E-state index in [0.29, 0.717) is 0 Å². The molecule has 4 nitrogen and oxygen atoms in total. The van der Waals surface area contributed by atoms with E-state index in [0.717, 1.165) is 22.7 Å². The molecule has 0 aromatic heterocycles. The molecule has 3 N–H and O–H groups in total. The first-order chi connectivity index (χ1) is 11.7. The summed E-state index contributed by atoms with van der Waals surface area (Å²) in [7, 11) is 0. The molecule has 3 rings (SSSR count). The van der Waals surface area contributed by atoms with Crippen LogP contribution in [-0.2, 0) is 4.79 Å². The number of carbonyl (C=O) groups is 1. The van der Waals surface area contributed by atoms with Crippen LogP contribution in [0.2, 0.25) is 0 Å². The number of rotatable bonds is 6. The lowest BCUT2D eigenvalue weighted by atomic mass is 10.1. The molecule has 120 valence electrons. The highest BCUT2D eigenvalue weighted by molar-refractivity contribution is 5.84. The van der Waals surface area contributed by atoms with Crippen LogP contribution in [0.1, 0.15) is 11.6 Å². The summed E-state index contributed by atoms with van der Waals surface area (Å²) in [4.78, 5) is 11.7. The molecular formula is C20H18N2O2. The van der Waals surface area contributed by atoms with E-state index >= 15 is 0 Å². The molecule has 1 atom stereocenters. The molecule has 3 aromatic carbocycles. The monoisotopic (exact) mass is 318 g/mol. The van der Waals surface area contributed by atoms with Gasteiger partial charge in [-0.3, -0.25) is 4.79 Å². The summed E-state index contributed by atoms with van der Waals surface area (Å²) >= 11 is 0. The van der Waals surface area contributed by atoms with Crippen molar-refractivity contribution in [1.29, 1.82) is 0 Å². The Morgan fingerprint density at radius 3 is 1.92 bits per heavy atom. The van der Waals surface area contributed by atoms with Gasteiger partial charge in [0.15, 0.2) is 0 Å². The van der Waals surface area contributed by atoms with Gasteiger partial charge in [-0.05, 0) is 42.0 Å². The van der Waals surface area contributed by atoms with E-state index in [4.69, 9.17) is 10.5 Å². The SMILES string of the molecule is NC(=O)C(Nc1ccc(Oc2ccccc2)cc1)c1ccccc1. The van der Waals surface area contributed by atoms with Crippen LogP contribution in [0.15, 0.2) is 84.9 Å². The van der Waals surface area contributed by atoms with Gasteiger partial charge in [0.25, 0.3) is 0 Å². The Hall–Kier alpha value is -3.27. The smallest absolute Gasteiger partial charge is 0.244 e. The Kier molecular flexibility index (Phi) is 4.77. The fourth-order valence-electron chi connectivity index (χ4n) is 2.37. The van der Waals surface area contributed by atoms with Crippen molar-refractivity contribution in [3.63, 3.8) is 0 Å². The summed E-state index contributed by atoms with van der Waals surface area (Å²) in [5.41, 5.74) is 7.15. The first kappa shape index (κ1) is 15.6. The van der Waals surface area contributed by atoms with Crippen molar-refractivity contribution in [2.45, 2.75) is 6.04 Å². The predicted octanol–water partition coefficient (Wildman–Crippen LogP) is 4.12. The van der Waals surface area contributed by atoms with Crippen LogP contribution in [-0.4, -0.2) is 5.91 Å². The van der Waals surface area contributed by atoms with E-state index in [9.17, 15) is 4.79 Å². The summed E-state index contributed by atoms with van der Waals surface area (Å²) < 4.78 is 5.75. The van der Waals surface area contributed by atoms with Crippen molar-refractivity contribution >= 4 is 11.6 Å². The maximum Gasteiger partial charge on any atom is 0.244 e. The van der Waals surface area contributed by atoms with Crippen molar-refractivity contribution in [2.24, 2.45) is 5.73 Å². The zero-order valence-corrected chi connectivity index (χ0v) is 13.1. The average Bonchev–Trinajstić information content (AvgIpc) is 2.62. The Balaban J connectivity index is 1.72. The molecule has 0 saturated carbocycles. The Morgan fingerprint density at radius 2 is 1.33 bits per heavy atom. The van der Waals surface area contributed by atoms with Crippen molar-refractivity contribution in [1.82, 2.24) is 0 Å². The minimum Gasteiger partial charge on any atom is -0.457 e. The molecule has 0 aliphatic rings. The second-order valence-electron chi connectivity index (χ2n) is 5.33. The van der Waals surface area contributed by atoms with Crippen LogP contribution in [0, 0.1) is 0 Å². The number of anilines is 1. The van der Waals surface area contributed by atoms with Crippen LogP contribution < -0.4 is 15.8 Å². The van der Waals surface area contributed by atoms with E-state index in [1.165, 1.54) is 0 Å². The van der Waals surface area contributed by atoms with Crippen LogP contribution in [0.3, 0.4) is 0 Å². The van der Waals surface area contributed by atoms with Gasteiger partial charge in [0.1, 0.15) is 17.5 Å². The average molecular weight is 318 g/mol. The normalized spacial score (nSPS) is 11.5. The molecule has 0 spiro atoms.